The highest BCUT2D eigenvalue weighted by molar-refractivity contribution is 7.94. The molecule has 0 aliphatic heterocycles. The number of anilines is 1. The van der Waals surface area contributed by atoms with Crippen molar-refractivity contribution in [1.82, 2.24) is 0 Å². The smallest absolute Gasteiger partial charge is 0.237 e. The average molecular weight is 295 g/mol. The van der Waals surface area contributed by atoms with Gasteiger partial charge in [0.25, 0.3) is 0 Å². The number of aliphatic hydroxyl groups is 1. The molecule has 2 N–H and O–H groups in total. The van der Waals surface area contributed by atoms with Crippen LogP contribution in [0.1, 0.15) is 38.3 Å². The first kappa shape index (κ1) is 16.5. The number of aryl methyl sites for hydroxylation is 1. The number of nitrogens with one attached hydrogen (secondary N) is 1. The lowest BCUT2D eigenvalue weighted by molar-refractivity contribution is 0.305. The van der Waals surface area contributed by atoms with Gasteiger partial charge in [-0.05, 0) is 45.4 Å². The SMILES string of the molecule is Cc1ccc(C#CCCO)c(NS(=O)(=O)C(C)(C)C)c1. The summed E-state index contributed by atoms with van der Waals surface area (Å²) >= 11 is 0. The van der Waals surface area contributed by atoms with E-state index in [2.05, 4.69) is 16.6 Å². The molecule has 4 nitrogen and oxygen atoms in total. The van der Waals surface area contributed by atoms with Gasteiger partial charge in [-0.2, -0.15) is 0 Å². The van der Waals surface area contributed by atoms with E-state index < -0.39 is 14.8 Å². The summed E-state index contributed by atoms with van der Waals surface area (Å²) in [6.45, 7) is 6.80. The van der Waals surface area contributed by atoms with Crippen LogP contribution in [0.2, 0.25) is 0 Å². The predicted octanol–water partition coefficient (Wildman–Crippen LogP) is 2.27. The van der Waals surface area contributed by atoms with E-state index >= 15 is 0 Å². The molecular formula is C15H21NO3S. The molecule has 0 aromatic heterocycles. The van der Waals surface area contributed by atoms with Gasteiger partial charge in [0.05, 0.1) is 17.0 Å². The number of benzene rings is 1. The molecule has 110 valence electrons. The third-order valence-corrected chi connectivity index (χ3v) is 4.79. The Hall–Kier alpha value is -1.51. The summed E-state index contributed by atoms with van der Waals surface area (Å²) in [5.74, 6) is 5.68. The first-order valence-electron chi connectivity index (χ1n) is 6.40. The summed E-state index contributed by atoms with van der Waals surface area (Å²) in [6.07, 6.45) is 0.360. The third-order valence-electron chi connectivity index (χ3n) is 2.69. The Labute approximate surface area is 121 Å². The van der Waals surface area contributed by atoms with Crippen LogP contribution >= 0.6 is 0 Å². The van der Waals surface area contributed by atoms with Gasteiger partial charge in [-0.1, -0.05) is 17.9 Å². The van der Waals surface area contributed by atoms with Crippen molar-refractivity contribution in [3.8, 4) is 11.8 Å². The van der Waals surface area contributed by atoms with Crippen LogP contribution in [0.15, 0.2) is 18.2 Å². The summed E-state index contributed by atoms with van der Waals surface area (Å²) < 4.78 is 26.1. The van der Waals surface area contributed by atoms with E-state index in [0.29, 0.717) is 17.7 Å². The molecule has 0 bridgehead atoms. The quantitative estimate of drug-likeness (QED) is 0.841. The fourth-order valence-electron chi connectivity index (χ4n) is 1.36. The molecule has 0 heterocycles. The molecule has 0 spiro atoms. The Morgan fingerprint density at radius 1 is 1.30 bits per heavy atom. The molecule has 0 aliphatic rings. The normalized spacial score (nSPS) is 11.7. The Balaban J connectivity index is 3.18. The van der Waals surface area contributed by atoms with E-state index in [1.165, 1.54) is 0 Å². The summed E-state index contributed by atoms with van der Waals surface area (Å²) in [7, 11) is -3.49. The molecule has 0 fully saturated rings. The van der Waals surface area contributed by atoms with Crippen molar-refractivity contribution in [2.45, 2.75) is 38.9 Å². The largest absolute Gasteiger partial charge is 0.395 e. The van der Waals surface area contributed by atoms with Gasteiger partial charge in [-0.3, -0.25) is 4.72 Å². The maximum Gasteiger partial charge on any atom is 0.237 e. The second-order valence-corrected chi connectivity index (χ2v) is 7.98. The third kappa shape index (κ3) is 4.26. The zero-order valence-corrected chi connectivity index (χ0v) is 13.1. The number of rotatable bonds is 3. The zero-order valence-electron chi connectivity index (χ0n) is 12.3. The van der Waals surface area contributed by atoms with Crippen LogP contribution in [0.25, 0.3) is 0 Å². The lowest BCUT2D eigenvalue weighted by atomic mass is 10.1. The van der Waals surface area contributed by atoms with Crippen LogP contribution in [0.4, 0.5) is 5.69 Å². The number of sulfonamides is 1. The van der Waals surface area contributed by atoms with E-state index in [-0.39, 0.29) is 6.61 Å². The molecule has 0 saturated heterocycles. The molecule has 5 heteroatoms. The van der Waals surface area contributed by atoms with Gasteiger partial charge >= 0.3 is 0 Å². The molecule has 0 unspecified atom stereocenters. The molecule has 20 heavy (non-hydrogen) atoms. The van der Waals surface area contributed by atoms with Crippen molar-refractivity contribution in [1.29, 1.82) is 0 Å². The summed E-state index contributed by atoms with van der Waals surface area (Å²) in [5, 5.41) is 8.74. The van der Waals surface area contributed by atoms with Gasteiger partial charge in [0.15, 0.2) is 0 Å². The Morgan fingerprint density at radius 2 is 1.95 bits per heavy atom. The fourth-order valence-corrected chi connectivity index (χ4v) is 2.13. The maximum absolute atomic E-state index is 12.2. The summed E-state index contributed by atoms with van der Waals surface area (Å²) in [5.41, 5.74) is 2.03. The minimum atomic E-state index is -3.49. The van der Waals surface area contributed by atoms with Crippen LogP contribution in [-0.2, 0) is 10.0 Å². The van der Waals surface area contributed by atoms with Crippen molar-refractivity contribution in [2.75, 3.05) is 11.3 Å². The first-order valence-corrected chi connectivity index (χ1v) is 7.88. The van der Waals surface area contributed by atoms with Gasteiger partial charge in [-0.15, -0.1) is 0 Å². The van der Waals surface area contributed by atoms with Crippen LogP contribution in [0.3, 0.4) is 0 Å². The first-order chi connectivity index (χ1) is 9.17. The van der Waals surface area contributed by atoms with Crippen molar-refractivity contribution < 1.29 is 13.5 Å². The van der Waals surface area contributed by atoms with Crippen LogP contribution in [0.5, 0.6) is 0 Å². The molecule has 0 amide bonds. The number of hydrogen-bond donors (Lipinski definition) is 2. The summed E-state index contributed by atoms with van der Waals surface area (Å²) in [6, 6.07) is 5.41. The van der Waals surface area contributed by atoms with Gasteiger partial charge in [-0.25, -0.2) is 8.42 Å². The van der Waals surface area contributed by atoms with Crippen molar-refractivity contribution in [2.24, 2.45) is 0 Å². The highest BCUT2D eigenvalue weighted by atomic mass is 32.2. The Morgan fingerprint density at radius 3 is 2.50 bits per heavy atom. The van der Waals surface area contributed by atoms with Crippen LogP contribution in [-0.4, -0.2) is 24.9 Å². The molecule has 0 radical (unpaired) electrons. The number of hydrogen-bond acceptors (Lipinski definition) is 3. The van der Waals surface area contributed by atoms with Crippen LogP contribution in [0, 0.1) is 18.8 Å². The molecular weight excluding hydrogens is 274 g/mol. The van der Waals surface area contributed by atoms with E-state index in [0.717, 1.165) is 5.56 Å². The fraction of sp³-hybridized carbons (Fsp3) is 0.467. The van der Waals surface area contributed by atoms with Crippen LogP contribution < -0.4 is 4.72 Å². The Bertz CT molecular complexity index is 631. The molecule has 1 aromatic carbocycles. The molecule has 1 aromatic rings. The molecule has 0 saturated carbocycles. The molecule has 1 rings (SSSR count). The van der Waals surface area contributed by atoms with Crippen molar-refractivity contribution in [3.05, 3.63) is 29.3 Å². The topological polar surface area (TPSA) is 66.4 Å². The van der Waals surface area contributed by atoms with Gasteiger partial charge in [0.1, 0.15) is 0 Å². The minimum Gasteiger partial charge on any atom is -0.395 e. The average Bonchev–Trinajstić information content (AvgIpc) is 2.30. The lowest BCUT2D eigenvalue weighted by Crippen LogP contribution is -2.33. The highest BCUT2D eigenvalue weighted by Crippen LogP contribution is 2.23. The van der Waals surface area contributed by atoms with E-state index in [9.17, 15) is 8.42 Å². The second-order valence-electron chi connectivity index (χ2n) is 5.54. The monoisotopic (exact) mass is 295 g/mol. The number of aliphatic hydroxyl groups excluding tert-OH is 1. The van der Waals surface area contributed by atoms with Gasteiger partial charge in [0, 0.05) is 12.0 Å². The molecule has 0 aliphatic carbocycles. The van der Waals surface area contributed by atoms with E-state index in [1.54, 1.807) is 32.9 Å². The maximum atomic E-state index is 12.2. The lowest BCUT2D eigenvalue weighted by Gasteiger charge is -2.21. The zero-order chi connectivity index (χ0) is 15.4. The van der Waals surface area contributed by atoms with E-state index in [4.69, 9.17) is 5.11 Å². The second kappa shape index (κ2) is 6.29. The van der Waals surface area contributed by atoms with Crippen molar-refractivity contribution >= 4 is 15.7 Å². The Kier molecular flexibility index (Phi) is 5.21. The minimum absolute atomic E-state index is 0.0120. The van der Waals surface area contributed by atoms with E-state index in [1.807, 2.05) is 13.0 Å². The standard InChI is InChI=1S/C15H21NO3S/c1-12-8-9-13(7-5-6-10-17)14(11-12)16-20(18,19)15(2,3)4/h8-9,11,16-17H,6,10H2,1-4H3. The predicted molar refractivity (Wildman–Crippen MR) is 82.1 cm³/mol. The molecule has 0 atom stereocenters. The van der Waals surface area contributed by atoms with Crippen molar-refractivity contribution in [3.63, 3.8) is 0 Å². The highest BCUT2D eigenvalue weighted by Gasteiger charge is 2.29. The van der Waals surface area contributed by atoms with Gasteiger partial charge in [0.2, 0.25) is 10.0 Å². The van der Waals surface area contributed by atoms with Gasteiger partial charge < -0.3 is 5.11 Å². The summed E-state index contributed by atoms with van der Waals surface area (Å²) in [4.78, 5) is 0.